The Morgan fingerprint density at radius 1 is 0.962 bits per heavy atom. The zero-order valence-corrected chi connectivity index (χ0v) is 15.0. The highest BCUT2D eigenvalue weighted by atomic mass is 16.1. The zero-order chi connectivity index (χ0) is 17.9. The summed E-state index contributed by atoms with van der Waals surface area (Å²) in [7, 11) is 0. The predicted molar refractivity (Wildman–Crippen MR) is 102 cm³/mol. The van der Waals surface area contributed by atoms with Crippen LogP contribution in [0, 0.1) is 17.2 Å². The van der Waals surface area contributed by atoms with Crippen LogP contribution in [0.1, 0.15) is 47.2 Å². The van der Waals surface area contributed by atoms with Gasteiger partial charge in [0.25, 0.3) is 0 Å². The van der Waals surface area contributed by atoms with Crippen LogP contribution in [0.15, 0.2) is 54.6 Å². The SMILES string of the molecule is N#CCc1ccc(C(=O)C2CC3CCC(C2)N3Cc2ccccc2)cc1. The standard InChI is InChI=1S/C23H24N2O/c24-13-12-17-6-8-19(9-7-17)23(26)20-14-21-10-11-22(15-20)25(21)16-18-4-2-1-3-5-18/h1-9,20-22H,10-12,14-16H2. The molecule has 2 aliphatic heterocycles. The molecular weight excluding hydrogens is 320 g/mol. The van der Waals surface area contributed by atoms with Crippen LogP contribution in [-0.2, 0) is 13.0 Å². The van der Waals surface area contributed by atoms with Crippen molar-refractivity contribution in [2.45, 2.75) is 50.7 Å². The second-order valence-electron chi connectivity index (χ2n) is 7.61. The van der Waals surface area contributed by atoms with E-state index in [1.54, 1.807) is 0 Å². The Balaban J connectivity index is 1.43. The fraction of sp³-hybridized carbons (Fsp3) is 0.391. The molecular formula is C23H24N2O. The number of benzene rings is 2. The maximum absolute atomic E-state index is 13.0. The van der Waals surface area contributed by atoms with Gasteiger partial charge in [0.15, 0.2) is 5.78 Å². The Hall–Kier alpha value is -2.44. The molecule has 2 aromatic rings. The lowest BCUT2D eigenvalue weighted by atomic mass is 9.84. The summed E-state index contributed by atoms with van der Waals surface area (Å²) < 4.78 is 0. The van der Waals surface area contributed by atoms with Gasteiger partial charge in [0.2, 0.25) is 0 Å². The molecule has 2 atom stereocenters. The summed E-state index contributed by atoms with van der Waals surface area (Å²) in [5, 5.41) is 8.78. The average Bonchev–Trinajstić information content (AvgIpc) is 2.90. The van der Waals surface area contributed by atoms with E-state index >= 15 is 0 Å². The van der Waals surface area contributed by atoms with E-state index in [-0.39, 0.29) is 11.7 Å². The van der Waals surface area contributed by atoms with Gasteiger partial charge in [-0.15, -0.1) is 0 Å². The first-order valence-electron chi connectivity index (χ1n) is 9.54. The normalized spacial score (nSPS) is 25.0. The van der Waals surface area contributed by atoms with Crippen LogP contribution >= 0.6 is 0 Å². The van der Waals surface area contributed by atoms with E-state index in [1.165, 1.54) is 18.4 Å². The van der Waals surface area contributed by atoms with Crippen LogP contribution in [0.5, 0.6) is 0 Å². The highest BCUT2D eigenvalue weighted by molar-refractivity contribution is 5.98. The molecule has 132 valence electrons. The number of fused-ring (bicyclic) bond motifs is 2. The second-order valence-corrected chi connectivity index (χ2v) is 7.61. The van der Waals surface area contributed by atoms with Crippen molar-refractivity contribution in [2.75, 3.05) is 0 Å². The Morgan fingerprint density at radius 3 is 2.23 bits per heavy atom. The van der Waals surface area contributed by atoms with Gasteiger partial charge in [0.05, 0.1) is 12.5 Å². The molecule has 0 spiro atoms. The number of hydrogen-bond acceptors (Lipinski definition) is 3. The molecule has 0 aromatic heterocycles. The van der Waals surface area contributed by atoms with Crippen molar-refractivity contribution in [3.63, 3.8) is 0 Å². The summed E-state index contributed by atoms with van der Waals surface area (Å²) in [6.07, 6.45) is 4.77. The molecule has 4 rings (SSSR count). The van der Waals surface area contributed by atoms with Gasteiger partial charge < -0.3 is 0 Å². The van der Waals surface area contributed by atoms with Crippen LogP contribution in [0.4, 0.5) is 0 Å². The Kier molecular flexibility index (Phi) is 4.86. The topological polar surface area (TPSA) is 44.1 Å². The average molecular weight is 344 g/mol. The smallest absolute Gasteiger partial charge is 0.166 e. The van der Waals surface area contributed by atoms with Crippen molar-refractivity contribution < 1.29 is 4.79 Å². The van der Waals surface area contributed by atoms with E-state index in [0.717, 1.165) is 30.5 Å². The van der Waals surface area contributed by atoms with Gasteiger partial charge in [-0.05, 0) is 36.8 Å². The minimum Gasteiger partial charge on any atom is -0.294 e. The lowest BCUT2D eigenvalue weighted by molar-refractivity contribution is 0.0678. The molecule has 2 bridgehead atoms. The van der Waals surface area contributed by atoms with Gasteiger partial charge in [-0.1, -0.05) is 54.6 Å². The van der Waals surface area contributed by atoms with E-state index in [0.29, 0.717) is 18.5 Å². The first-order chi connectivity index (χ1) is 12.7. The maximum atomic E-state index is 13.0. The van der Waals surface area contributed by atoms with Crippen molar-refractivity contribution in [2.24, 2.45) is 5.92 Å². The van der Waals surface area contributed by atoms with Crippen molar-refractivity contribution in [3.05, 3.63) is 71.3 Å². The number of carbonyl (C=O) groups is 1. The second kappa shape index (κ2) is 7.43. The first-order valence-corrected chi connectivity index (χ1v) is 9.54. The third kappa shape index (κ3) is 3.43. The van der Waals surface area contributed by atoms with Gasteiger partial charge in [0.1, 0.15) is 0 Å². The Morgan fingerprint density at radius 2 is 1.62 bits per heavy atom. The van der Waals surface area contributed by atoms with Crippen molar-refractivity contribution in [1.82, 2.24) is 4.90 Å². The largest absolute Gasteiger partial charge is 0.294 e. The minimum atomic E-state index is 0.140. The number of nitrogens with zero attached hydrogens (tertiary/aromatic N) is 2. The molecule has 0 radical (unpaired) electrons. The van der Waals surface area contributed by atoms with E-state index in [4.69, 9.17) is 5.26 Å². The molecule has 3 nitrogen and oxygen atoms in total. The number of ketones is 1. The summed E-state index contributed by atoms with van der Waals surface area (Å²) >= 11 is 0. The van der Waals surface area contributed by atoms with Crippen molar-refractivity contribution >= 4 is 5.78 Å². The van der Waals surface area contributed by atoms with Crippen LogP contribution < -0.4 is 0 Å². The number of rotatable bonds is 5. The zero-order valence-electron chi connectivity index (χ0n) is 15.0. The molecule has 2 unspecified atom stereocenters. The number of piperidine rings is 1. The van der Waals surface area contributed by atoms with Gasteiger partial charge in [-0.25, -0.2) is 0 Å². The third-order valence-electron chi connectivity index (χ3n) is 5.98. The van der Waals surface area contributed by atoms with Crippen molar-refractivity contribution in [1.29, 1.82) is 5.26 Å². The van der Waals surface area contributed by atoms with Gasteiger partial charge >= 0.3 is 0 Å². The molecule has 0 saturated carbocycles. The summed E-state index contributed by atoms with van der Waals surface area (Å²) in [6.45, 7) is 1.000. The van der Waals surface area contributed by atoms with Gasteiger partial charge in [0, 0.05) is 30.1 Å². The molecule has 2 heterocycles. The van der Waals surface area contributed by atoms with Crippen molar-refractivity contribution in [3.8, 4) is 6.07 Å². The lowest BCUT2D eigenvalue weighted by Crippen LogP contribution is -2.44. The Bertz CT molecular complexity index is 792. The van der Waals surface area contributed by atoms with Crippen LogP contribution in [0.3, 0.4) is 0 Å². The van der Waals surface area contributed by atoms with Crippen LogP contribution in [-0.4, -0.2) is 22.8 Å². The maximum Gasteiger partial charge on any atom is 0.166 e. The fourth-order valence-corrected chi connectivity index (χ4v) is 4.65. The minimum absolute atomic E-state index is 0.140. The first kappa shape index (κ1) is 17.0. The predicted octanol–water partition coefficient (Wildman–Crippen LogP) is 4.38. The number of nitriles is 1. The monoisotopic (exact) mass is 344 g/mol. The lowest BCUT2D eigenvalue weighted by Gasteiger charge is -2.38. The van der Waals surface area contributed by atoms with E-state index in [9.17, 15) is 4.79 Å². The quantitative estimate of drug-likeness (QED) is 0.756. The summed E-state index contributed by atoms with van der Waals surface area (Å²) in [6, 6.07) is 21.5. The molecule has 26 heavy (non-hydrogen) atoms. The van der Waals surface area contributed by atoms with Gasteiger partial charge in [-0.2, -0.15) is 5.26 Å². The third-order valence-corrected chi connectivity index (χ3v) is 5.98. The van der Waals surface area contributed by atoms with E-state index < -0.39 is 0 Å². The Labute approximate surface area is 155 Å². The number of carbonyl (C=O) groups excluding carboxylic acids is 1. The van der Waals surface area contributed by atoms with Crippen LogP contribution in [0.2, 0.25) is 0 Å². The van der Waals surface area contributed by atoms with Crippen LogP contribution in [0.25, 0.3) is 0 Å². The molecule has 0 aliphatic carbocycles. The highest BCUT2D eigenvalue weighted by Gasteiger charge is 2.42. The number of hydrogen-bond donors (Lipinski definition) is 0. The molecule has 0 amide bonds. The fourth-order valence-electron chi connectivity index (χ4n) is 4.65. The molecule has 2 fully saturated rings. The molecule has 2 aromatic carbocycles. The summed E-state index contributed by atoms with van der Waals surface area (Å²) in [5.41, 5.74) is 3.14. The summed E-state index contributed by atoms with van der Waals surface area (Å²) in [4.78, 5) is 15.6. The molecule has 2 saturated heterocycles. The molecule has 3 heteroatoms. The van der Waals surface area contributed by atoms with Gasteiger partial charge in [-0.3, -0.25) is 9.69 Å². The highest BCUT2D eigenvalue weighted by Crippen LogP contribution is 2.40. The van der Waals surface area contributed by atoms with E-state index in [1.807, 2.05) is 24.3 Å². The number of Topliss-reactive ketones (excluding diaryl/α,β-unsaturated/α-hetero) is 1. The molecule has 0 N–H and O–H groups in total. The molecule has 2 aliphatic rings. The summed E-state index contributed by atoms with van der Waals surface area (Å²) in [5.74, 6) is 0.422. The van der Waals surface area contributed by atoms with E-state index in [2.05, 4.69) is 41.3 Å².